The van der Waals surface area contributed by atoms with E-state index in [1.165, 1.54) is 0 Å². The largest absolute Gasteiger partial charge is 0.231 e. The molecule has 0 unspecified atom stereocenters. The summed E-state index contributed by atoms with van der Waals surface area (Å²) in [7, 11) is 0. The Hall–Kier alpha value is -0.320. The molecule has 8 nitrogen and oxygen atoms in total. The number of rotatable bonds is 11. The third kappa shape index (κ3) is 16.4. The van der Waals surface area contributed by atoms with Gasteiger partial charge in [0.2, 0.25) is 11.6 Å². The van der Waals surface area contributed by atoms with E-state index in [2.05, 4.69) is 0 Å². The summed E-state index contributed by atoms with van der Waals surface area (Å²) in [5.74, 6) is -2.48. The molecule has 0 saturated heterocycles. The van der Waals surface area contributed by atoms with Crippen LogP contribution in [0.25, 0.3) is 0 Å². The topological polar surface area (TPSA) is 73.8 Å². The zero-order chi connectivity index (χ0) is 24.1. The van der Waals surface area contributed by atoms with Gasteiger partial charge in [0.15, 0.2) is 0 Å². The lowest BCUT2D eigenvalue weighted by Gasteiger charge is -2.36. The van der Waals surface area contributed by atoms with Gasteiger partial charge in [-0.1, -0.05) is 0 Å². The van der Waals surface area contributed by atoms with Crippen molar-refractivity contribution < 1.29 is 39.1 Å². The van der Waals surface area contributed by atoms with Crippen LogP contribution in [0.2, 0.25) is 0 Å². The molecule has 0 spiro atoms. The van der Waals surface area contributed by atoms with Crippen molar-refractivity contribution in [2.24, 2.45) is 0 Å². The summed E-state index contributed by atoms with van der Waals surface area (Å²) in [5, 5.41) is 0. The van der Waals surface area contributed by atoms with Crippen LogP contribution in [-0.4, -0.2) is 34.0 Å². The summed E-state index contributed by atoms with van der Waals surface area (Å²) in [6.07, 6.45) is 0.577. The van der Waals surface area contributed by atoms with Crippen LogP contribution in [0.5, 0.6) is 0 Å². The van der Waals surface area contributed by atoms with Gasteiger partial charge in [-0.15, -0.1) is 0 Å². The van der Waals surface area contributed by atoms with Crippen LogP contribution < -0.4 is 0 Å². The molecular weight excluding hydrogens is 392 g/mol. The molecule has 0 aromatic carbocycles. The van der Waals surface area contributed by atoms with E-state index in [-0.39, 0.29) is 12.8 Å². The van der Waals surface area contributed by atoms with E-state index in [1.807, 2.05) is 83.1 Å². The normalized spacial score (nSPS) is 15.0. The molecule has 0 aromatic heterocycles. The van der Waals surface area contributed by atoms with Crippen molar-refractivity contribution in [3.63, 3.8) is 0 Å². The molecule has 0 amide bonds. The summed E-state index contributed by atoms with van der Waals surface area (Å²) in [5.41, 5.74) is -2.14. The molecule has 182 valence electrons. The molecular formula is C22H46O8. The summed E-state index contributed by atoms with van der Waals surface area (Å²) in [6, 6.07) is 0. The van der Waals surface area contributed by atoms with Gasteiger partial charge in [-0.2, -0.15) is 19.6 Å². The Labute approximate surface area is 183 Å². The fourth-order valence-electron chi connectivity index (χ4n) is 1.50. The first-order valence-corrected chi connectivity index (χ1v) is 10.5. The van der Waals surface area contributed by atoms with Gasteiger partial charge < -0.3 is 0 Å². The molecule has 0 N–H and O–H groups in total. The minimum atomic E-state index is -1.24. The van der Waals surface area contributed by atoms with Crippen LogP contribution in [0.1, 0.15) is 110 Å². The maximum atomic E-state index is 5.64. The minimum absolute atomic E-state index is 0.288. The lowest BCUT2D eigenvalue weighted by atomic mass is 10.1. The second kappa shape index (κ2) is 10.5. The average Bonchev–Trinajstić information content (AvgIpc) is 2.51. The third-order valence-corrected chi connectivity index (χ3v) is 2.91. The number of hydrogen-bond acceptors (Lipinski definition) is 8. The Morgan fingerprint density at radius 3 is 0.600 bits per heavy atom. The van der Waals surface area contributed by atoms with Crippen molar-refractivity contribution in [2.45, 2.75) is 144 Å². The van der Waals surface area contributed by atoms with Crippen molar-refractivity contribution in [3.8, 4) is 0 Å². The van der Waals surface area contributed by atoms with Crippen LogP contribution in [0.3, 0.4) is 0 Å². The van der Waals surface area contributed by atoms with E-state index in [0.717, 1.165) is 0 Å². The van der Waals surface area contributed by atoms with Crippen molar-refractivity contribution in [3.05, 3.63) is 0 Å². The first kappa shape index (κ1) is 29.7. The van der Waals surface area contributed by atoms with Crippen LogP contribution in [0.15, 0.2) is 0 Å². The van der Waals surface area contributed by atoms with Gasteiger partial charge in [-0.3, -0.25) is 0 Å². The molecule has 0 aromatic rings. The molecule has 8 heteroatoms. The quantitative estimate of drug-likeness (QED) is 0.215. The molecule has 0 atom stereocenters. The Kier molecular flexibility index (Phi) is 10.4. The highest BCUT2D eigenvalue weighted by Gasteiger charge is 2.40. The van der Waals surface area contributed by atoms with E-state index in [4.69, 9.17) is 39.1 Å². The van der Waals surface area contributed by atoms with Crippen LogP contribution in [-0.2, 0) is 39.1 Å². The molecule has 30 heavy (non-hydrogen) atoms. The monoisotopic (exact) mass is 438 g/mol. The van der Waals surface area contributed by atoms with Crippen molar-refractivity contribution in [1.29, 1.82) is 0 Å². The lowest BCUT2D eigenvalue weighted by Crippen LogP contribution is -2.43. The summed E-state index contributed by atoms with van der Waals surface area (Å²) in [4.78, 5) is 44.6. The molecule has 0 aliphatic rings. The molecule has 0 radical (unpaired) electrons. The molecule has 0 bridgehead atoms. The second-order valence-corrected chi connectivity index (χ2v) is 11.9. The van der Waals surface area contributed by atoms with Gasteiger partial charge in [-0.25, -0.2) is 19.6 Å². The maximum absolute atomic E-state index is 5.64. The second-order valence-electron chi connectivity index (χ2n) is 11.9. The van der Waals surface area contributed by atoms with Gasteiger partial charge in [0.1, 0.15) is 0 Å². The molecule has 0 aliphatic heterocycles. The van der Waals surface area contributed by atoms with Crippen LogP contribution in [0.4, 0.5) is 0 Å². The van der Waals surface area contributed by atoms with E-state index < -0.39 is 34.0 Å². The summed E-state index contributed by atoms with van der Waals surface area (Å²) in [6.45, 7) is 26.0. The van der Waals surface area contributed by atoms with Crippen molar-refractivity contribution in [2.75, 3.05) is 0 Å². The van der Waals surface area contributed by atoms with Crippen molar-refractivity contribution >= 4 is 0 Å². The fourth-order valence-corrected chi connectivity index (χ4v) is 1.50. The summed E-state index contributed by atoms with van der Waals surface area (Å²) >= 11 is 0. The number of hydrogen-bond donors (Lipinski definition) is 0. The van der Waals surface area contributed by atoms with E-state index in [1.54, 1.807) is 13.8 Å². The van der Waals surface area contributed by atoms with Crippen LogP contribution >= 0.6 is 0 Å². The van der Waals surface area contributed by atoms with E-state index in [9.17, 15) is 0 Å². The zero-order valence-electron chi connectivity index (χ0n) is 21.7. The first-order chi connectivity index (χ1) is 13.0. The SMILES string of the molecule is CC(C)(C)OOC(C)(CCC(C)(OOC(C)(C)C)OOC(C)(C)C)OOC(C)(C)C. The fraction of sp³-hybridized carbons (Fsp3) is 1.00. The van der Waals surface area contributed by atoms with E-state index in [0.29, 0.717) is 0 Å². The third-order valence-electron chi connectivity index (χ3n) is 2.91. The van der Waals surface area contributed by atoms with Gasteiger partial charge in [0.25, 0.3) is 0 Å². The first-order valence-electron chi connectivity index (χ1n) is 10.5. The zero-order valence-corrected chi connectivity index (χ0v) is 21.7. The highest BCUT2D eigenvalue weighted by Crippen LogP contribution is 2.32. The predicted molar refractivity (Wildman–Crippen MR) is 114 cm³/mol. The smallest absolute Gasteiger partial charge is 0.228 e. The highest BCUT2D eigenvalue weighted by molar-refractivity contribution is 4.70. The maximum Gasteiger partial charge on any atom is 0.231 e. The Bertz CT molecular complexity index is 409. The van der Waals surface area contributed by atoms with Gasteiger partial charge in [0, 0.05) is 12.8 Å². The highest BCUT2D eigenvalue weighted by atomic mass is 17.3. The van der Waals surface area contributed by atoms with Gasteiger partial charge in [-0.05, 0) is 96.9 Å². The lowest BCUT2D eigenvalue weighted by molar-refractivity contribution is -0.553. The van der Waals surface area contributed by atoms with Crippen LogP contribution in [0, 0.1) is 0 Å². The summed E-state index contributed by atoms with van der Waals surface area (Å²) < 4.78 is 0. The Morgan fingerprint density at radius 1 is 0.300 bits per heavy atom. The minimum Gasteiger partial charge on any atom is -0.228 e. The average molecular weight is 439 g/mol. The molecule has 0 heterocycles. The molecule has 0 fully saturated rings. The molecule has 0 rings (SSSR count). The molecule has 0 aliphatic carbocycles. The standard InChI is InChI=1S/C22H46O8/c1-17(2,3)23-27-21(13,28-24-18(4,5)6)15-16-22(14,29-25-19(7,8)9)30-26-20(10,11)12/h15-16H2,1-14H3. The predicted octanol–water partition coefficient (Wildman–Crippen LogP) is 6.19. The van der Waals surface area contributed by atoms with E-state index >= 15 is 0 Å². The Morgan fingerprint density at radius 2 is 0.467 bits per heavy atom. The van der Waals surface area contributed by atoms with Crippen molar-refractivity contribution in [1.82, 2.24) is 0 Å². The Balaban J connectivity index is 5.38. The van der Waals surface area contributed by atoms with Gasteiger partial charge >= 0.3 is 0 Å². The molecule has 0 saturated carbocycles. The van der Waals surface area contributed by atoms with Gasteiger partial charge in [0.05, 0.1) is 22.4 Å².